The van der Waals surface area contributed by atoms with Gasteiger partial charge in [-0.2, -0.15) is 0 Å². The maximum absolute atomic E-state index is 6.82. The van der Waals surface area contributed by atoms with Crippen molar-refractivity contribution < 1.29 is 4.42 Å². The molecule has 0 aliphatic carbocycles. The molecule has 2 heterocycles. The summed E-state index contributed by atoms with van der Waals surface area (Å²) in [6.45, 7) is 4.23. The highest BCUT2D eigenvalue weighted by Gasteiger charge is 2.20. The van der Waals surface area contributed by atoms with Crippen molar-refractivity contribution in [3.8, 4) is 22.3 Å². The molecule has 0 unspecified atom stereocenters. The second-order valence-corrected chi connectivity index (χ2v) is 13.0. The highest BCUT2D eigenvalue weighted by atomic mass is 16.3. The lowest BCUT2D eigenvalue weighted by Gasteiger charge is -2.26. The molecule has 0 atom stereocenters. The summed E-state index contributed by atoms with van der Waals surface area (Å²) in [7, 11) is 0. The van der Waals surface area contributed by atoms with Gasteiger partial charge < -0.3 is 13.9 Å². The lowest BCUT2D eigenvalue weighted by molar-refractivity contribution is 0.664. The monoisotopic (exact) mass is 656 g/mol. The van der Waals surface area contributed by atoms with Crippen LogP contribution in [0, 0.1) is 0 Å². The van der Waals surface area contributed by atoms with Crippen LogP contribution in [0.1, 0.15) is 13.8 Å². The van der Waals surface area contributed by atoms with Gasteiger partial charge in [-0.25, -0.2) is 0 Å². The summed E-state index contributed by atoms with van der Waals surface area (Å²) in [6, 6.07) is 58.3. The number of para-hydroxylation sites is 2. The molecular formula is C48H36N2O. The Morgan fingerprint density at radius 1 is 0.510 bits per heavy atom. The average Bonchev–Trinajstić information content (AvgIpc) is 3.45. The van der Waals surface area contributed by atoms with Crippen LogP contribution in [-0.4, -0.2) is 4.57 Å². The molecule has 0 N–H and O–H groups in total. The first-order valence-electron chi connectivity index (χ1n) is 17.5. The first kappa shape index (κ1) is 30.5. The first-order chi connectivity index (χ1) is 25.2. The summed E-state index contributed by atoms with van der Waals surface area (Å²) in [5.74, 6) is 0. The first-order valence-corrected chi connectivity index (χ1v) is 17.5. The molecule has 0 radical (unpaired) electrons. The molecule has 3 heteroatoms. The van der Waals surface area contributed by atoms with E-state index in [4.69, 9.17) is 4.42 Å². The molecule has 244 valence electrons. The van der Waals surface area contributed by atoms with E-state index in [1.165, 1.54) is 27.4 Å². The van der Waals surface area contributed by atoms with E-state index in [0.29, 0.717) is 0 Å². The van der Waals surface area contributed by atoms with Gasteiger partial charge in [-0.1, -0.05) is 115 Å². The molecule has 9 aromatic rings. The molecule has 9 rings (SSSR count). The van der Waals surface area contributed by atoms with E-state index in [2.05, 4.69) is 199 Å². The number of allylic oxidation sites excluding steroid dienone is 4. The Labute approximate surface area is 297 Å². The van der Waals surface area contributed by atoms with Crippen LogP contribution in [0.15, 0.2) is 186 Å². The van der Waals surface area contributed by atoms with Gasteiger partial charge in [0.15, 0.2) is 0 Å². The second kappa shape index (κ2) is 12.7. The Balaban J connectivity index is 1.21. The highest BCUT2D eigenvalue weighted by Crippen LogP contribution is 2.43. The van der Waals surface area contributed by atoms with Gasteiger partial charge in [0, 0.05) is 33.5 Å². The van der Waals surface area contributed by atoms with E-state index < -0.39 is 0 Å². The van der Waals surface area contributed by atoms with Crippen LogP contribution in [0.5, 0.6) is 0 Å². The fourth-order valence-corrected chi connectivity index (χ4v) is 7.47. The fraction of sp³-hybridized carbons (Fsp3) is 0.0417. The number of nitrogens with zero attached hydrogens (tertiary/aromatic N) is 2. The standard InChI is InChI=1S/C48H36N2O/c1-3-4-14-33(2)49-43-21-13-20-42-41-19-11-12-22-45(41)51-46-32-37(31-44(49)48(46)47(42)43)36-25-29-40(30-26-36)50(38-17-9-6-10-18-38)39-27-23-35(24-28-39)34-15-7-5-8-16-34/h3-32H,1-2H3/b4-3-,33-14+. The third kappa shape index (κ3) is 5.31. The molecule has 0 spiro atoms. The molecule has 0 saturated heterocycles. The zero-order valence-electron chi connectivity index (χ0n) is 28.6. The molecule has 0 aliphatic rings. The maximum Gasteiger partial charge on any atom is 0.138 e. The van der Waals surface area contributed by atoms with Crippen molar-refractivity contribution >= 4 is 66.5 Å². The quantitative estimate of drug-likeness (QED) is 0.159. The number of benzene rings is 7. The van der Waals surface area contributed by atoms with Crippen molar-refractivity contribution in [1.29, 1.82) is 0 Å². The number of fused-ring (bicyclic) bond motifs is 2. The van der Waals surface area contributed by atoms with Crippen LogP contribution < -0.4 is 4.90 Å². The predicted molar refractivity (Wildman–Crippen MR) is 217 cm³/mol. The van der Waals surface area contributed by atoms with E-state index in [9.17, 15) is 0 Å². The van der Waals surface area contributed by atoms with Gasteiger partial charge in [0.05, 0.1) is 16.4 Å². The molecule has 0 aliphatic heterocycles. The van der Waals surface area contributed by atoms with Crippen LogP contribution in [-0.2, 0) is 0 Å². The molecular weight excluding hydrogens is 621 g/mol. The van der Waals surface area contributed by atoms with Crippen LogP contribution in [0.4, 0.5) is 17.1 Å². The maximum atomic E-state index is 6.82. The third-order valence-electron chi connectivity index (χ3n) is 9.84. The van der Waals surface area contributed by atoms with Gasteiger partial charge in [0.25, 0.3) is 0 Å². The summed E-state index contributed by atoms with van der Waals surface area (Å²) in [4.78, 5) is 2.31. The zero-order chi connectivity index (χ0) is 34.3. The molecule has 7 aromatic carbocycles. The molecule has 0 bridgehead atoms. The molecule has 0 fully saturated rings. The predicted octanol–water partition coefficient (Wildman–Crippen LogP) is 13.9. The van der Waals surface area contributed by atoms with Gasteiger partial charge in [-0.3, -0.25) is 0 Å². The van der Waals surface area contributed by atoms with Crippen LogP contribution in [0.3, 0.4) is 0 Å². The molecule has 3 nitrogen and oxygen atoms in total. The van der Waals surface area contributed by atoms with Crippen molar-refractivity contribution in [2.24, 2.45) is 0 Å². The van der Waals surface area contributed by atoms with Crippen molar-refractivity contribution in [1.82, 2.24) is 4.57 Å². The van der Waals surface area contributed by atoms with Crippen molar-refractivity contribution in [2.75, 3.05) is 4.90 Å². The third-order valence-corrected chi connectivity index (χ3v) is 9.84. The zero-order valence-corrected chi connectivity index (χ0v) is 28.6. The Hall–Kier alpha value is -6.58. The Morgan fingerprint density at radius 3 is 1.80 bits per heavy atom. The normalized spacial score (nSPS) is 12.2. The lowest BCUT2D eigenvalue weighted by atomic mass is 10.0. The number of hydrogen-bond donors (Lipinski definition) is 0. The number of aromatic nitrogens is 1. The largest absolute Gasteiger partial charge is 0.456 e. The van der Waals surface area contributed by atoms with E-state index >= 15 is 0 Å². The Kier molecular flexibility index (Phi) is 7.59. The van der Waals surface area contributed by atoms with Crippen LogP contribution in [0.25, 0.3) is 71.7 Å². The molecule has 0 saturated carbocycles. The molecule has 0 amide bonds. The van der Waals surface area contributed by atoms with E-state index in [-0.39, 0.29) is 0 Å². The Bertz CT molecular complexity index is 2730. The van der Waals surface area contributed by atoms with E-state index in [1.54, 1.807) is 0 Å². The van der Waals surface area contributed by atoms with Crippen LogP contribution in [0.2, 0.25) is 0 Å². The average molecular weight is 657 g/mol. The van der Waals surface area contributed by atoms with Crippen molar-refractivity contribution in [2.45, 2.75) is 13.8 Å². The minimum Gasteiger partial charge on any atom is -0.456 e. The summed E-state index contributed by atoms with van der Waals surface area (Å²) in [5, 5.41) is 4.66. The van der Waals surface area contributed by atoms with E-state index in [1.807, 2.05) is 6.07 Å². The lowest BCUT2D eigenvalue weighted by Crippen LogP contribution is -2.09. The van der Waals surface area contributed by atoms with Gasteiger partial charge in [0.2, 0.25) is 0 Å². The summed E-state index contributed by atoms with van der Waals surface area (Å²) in [5.41, 5.74) is 13.1. The van der Waals surface area contributed by atoms with Gasteiger partial charge in [-0.05, 0) is 108 Å². The number of rotatable bonds is 7. The van der Waals surface area contributed by atoms with Gasteiger partial charge in [-0.15, -0.1) is 0 Å². The summed E-state index contributed by atoms with van der Waals surface area (Å²) < 4.78 is 9.20. The summed E-state index contributed by atoms with van der Waals surface area (Å²) in [6.07, 6.45) is 6.35. The van der Waals surface area contributed by atoms with Crippen LogP contribution >= 0.6 is 0 Å². The topological polar surface area (TPSA) is 21.3 Å². The second-order valence-electron chi connectivity index (χ2n) is 13.0. The molecule has 2 aromatic heterocycles. The SMILES string of the molecule is C/C=C\C=C(/C)n1c2cc(-c3ccc(N(c4ccccc4)c4ccc(-c5ccccc5)cc4)cc3)cc3oc4ccccc4c4cccc1c4c32. The summed E-state index contributed by atoms with van der Waals surface area (Å²) >= 11 is 0. The number of anilines is 3. The highest BCUT2D eigenvalue weighted by molar-refractivity contribution is 6.27. The Morgan fingerprint density at radius 2 is 1.10 bits per heavy atom. The van der Waals surface area contributed by atoms with E-state index in [0.717, 1.165) is 61.3 Å². The van der Waals surface area contributed by atoms with Crippen molar-refractivity contribution in [3.63, 3.8) is 0 Å². The fourth-order valence-electron chi connectivity index (χ4n) is 7.47. The minimum absolute atomic E-state index is 0.871. The number of hydrogen-bond acceptors (Lipinski definition) is 2. The van der Waals surface area contributed by atoms with Gasteiger partial charge in [0.1, 0.15) is 11.2 Å². The minimum atomic E-state index is 0.871. The molecule has 51 heavy (non-hydrogen) atoms. The van der Waals surface area contributed by atoms with Gasteiger partial charge >= 0.3 is 0 Å². The van der Waals surface area contributed by atoms with Crippen molar-refractivity contribution in [3.05, 3.63) is 182 Å². The smallest absolute Gasteiger partial charge is 0.138 e.